The predicted molar refractivity (Wildman–Crippen MR) is 75.0 cm³/mol. The number of hydrogen-bond donors (Lipinski definition) is 3. The molecule has 0 amide bonds. The van der Waals surface area contributed by atoms with Gasteiger partial charge in [0.15, 0.2) is 0 Å². The lowest BCUT2D eigenvalue weighted by atomic mass is 9.97. The van der Waals surface area contributed by atoms with Crippen molar-refractivity contribution in [1.82, 2.24) is 0 Å². The highest BCUT2D eigenvalue weighted by Gasteiger charge is 2.26. The highest BCUT2D eigenvalue weighted by atomic mass is 79.9. The van der Waals surface area contributed by atoms with E-state index in [0.29, 0.717) is 18.4 Å². The van der Waals surface area contributed by atoms with E-state index in [4.69, 9.17) is 5.73 Å². The fourth-order valence-corrected chi connectivity index (χ4v) is 2.94. The first-order valence-electron chi connectivity index (χ1n) is 6.10. The number of rotatable bonds is 4. The van der Waals surface area contributed by atoms with Crippen LogP contribution in [0.2, 0.25) is 0 Å². The zero-order valence-corrected chi connectivity index (χ0v) is 11.4. The van der Waals surface area contributed by atoms with Gasteiger partial charge in [-0.05, 0) is 42.9 Å². The summed E-state index contributed by atoms with van der Waals surface area (Å²) < 4.78 is 0.995. The molecule has 94 valence electrons. The summed E-state index contributed by atoms with van der Waals surface area (Å²) in [5, 5.41) is 12.7. The molecule has 0 spiro atoms. The molecule has 0 saturated heterocycles. The zero-order chi connectivity index (χ0) is 12.3. The van der Waals surface area contributed by atoms with E-state index in [2.05, 4.69) is 21.2 Å². The Morgan fingerprint density at radius 3 is 2.82 bits per heavy atom. The maximum atomic E-state index is 9.27. The summed E-state index contributed by atoms with van der Waals surface area (Å²) in [5.74, 6) is 1.03. The Morgan fingerprint density at radius 2 is 2.12 bits per heavy atom. The summed E-state index contributed by atoms with van der Waals surface area (Å²) in [6.07, 6.45) is 3.58. The number of hydrogen-bond acceptors (Lipinski definition) is 3. The number of aliphatic hydroxyl groups excluding tert-OH is 1. The predicted octanol–water partition coefficient (Wildman–Crippen LogP) is 2.85. The first kappa shape index (κ1) is 12.7. The Labute approximate surface area is 111 Å². The fraction of sp³-hybridized carbons (Fsp3) is 0.538. The number of benzene rings is 1. The van der Waals surface area contributed by atoms with E-state index in [1.807, 2.05) is 18.2 Å². The van der Waals surface area contributed by atoms with Crippen LogP contribution in [0.25, 0.3) is 0 Å². The molecule has 0 heterocycles. The van der Waals surface area contributed by atoms with Gasteiger partial charge in [0.2, 0.25) is 0 Å². The number of anilines is 2. The highest BCUT2D eigenvalue weighted by molar-refractivity contribution is 9.10. The molecule has 1 saturated carbocycles. The molecule has 1 aliphatic rings. The third-order valence-corrected chi connectivity index (χ3v) is 4.11. The third-order valence-electron chi connectivity index (χ3n) is 3.62. The number of halogens is 1. The van der Waals surface area contributed by atoms with Crippen LogP contribution < -0.4 is 11.1 Å². The van der Waals surface area contributed by atoms with Gasteiger partial charge in [-0.25, -0.2) is 0 Å². The Hall–Kier alpha value is -0.740. The second-order valence-corrected chi connectivity index (χ2v) is 5.66. The maximum Gasteiger partial charge on any atom is 0.0574 e. The minimum absolute atomic E-state index is 0.308. The van der Waals surface area contributed by atoms with Gasteiger partial charge < -0.3 is 16.2 Å². The summed E-state index contributed by atoms with van der Waals surface area (Å²) in [7, 11) is 0. The van der Waals surface area contributed by atoms with Crippen LogP contribution >= 0.6 is 15.9 Å². The van der Waals surface area contributed by atoms with Gasteiger partial charge >= 0.3 is 0 Å². The average molecular weight is 299 g/mol. The van der Waals surface area contributed by atoms with Crippen LogP contribution in [0.1, 0.15) is 19.3 Å². The number of nitrogen functional groups attached to an aromatic ring is 1. The molecule has 17 heavy (non-hydrogen) atoms. The van der Waals surface area contributed by atoms with Crippen molar-refractivity contribution in [3.05, 3.63) is 22.7 Å². The standard InChI is InChI=1S/C13H19BrN2O/c14-11-4-5-13(12(15)6-11)16-7-9-2-1-3-10(9)8-17/h4-6,9-10,16-17H,1-3,7-8,15H2. The van der Waals surface area contributed by atoms with Crippen LogP contribution in [-0.2, 0) is 0 Å². The van der Waals surface area contributed by atoms with E-state index in [-0.39, 0.29) is 0 Å². The Balaban J connectivity index is 1.93. The van der Waals surface area contributed by atoms with E-state index < -0.39 is 0 Å². The van der Waals surface area contributed by atoms with Crippen LogP contribution in [-0.4, -0.2) is 18.3 Å². The van der Waals surface area contributed by atoms with Crippen LogP contribution in [0.3, 0.4) is 0 Å². The van der Waals surface area contributed by atoms with E-state index in [1.54, 1.807) is 0 Å². The molecule has 3 nitrogen and oxygen atoms in total. The molecule has 0 radical (unpaired) electrons. The molecule has 1 aromatic carbocycles. The molecule has 1 fully saturated rings. The minimum atomic E-state index is 0.308. The smallest absolute Gasteiger partial charge is 0.0574 e. The van der Waals surface area contributed by atoms with E-state index in [9.17, 15) is 5.11 Å². The fourth-order valence-electron chi connectivity index (χ4n) is 2.56. The number of nitrogens with two attached hydrogens (primary N) is 1. The molecular weight excluding hydrogens is 280 g/mol. The Bertz CT molecular complexity index is 384. The topological polar surface area (TPSA) is 58.3 Å². The molecule has 4 heteroatoms. The van der Waals surface area contributed by atoms with Crippen molar-refractivity contribution in [2.45, 2.75) is 19.3 Å². The summed E-state index contributed by atoms with van der Waals surface area (Å²) in [4.78, 5) is 0. The molecule has 0 aromatic heterocycles. The summed E-state index contributed by atoms with van der Waals surface area (Å²) in [6.45, 7) is 1.21. The monoisotopic (exact) mass is 298 g/mol. The van der Waals surface area contributed by atoms with Crippen molar-refractivity contribution in [2.75, 3.05) is 24.2 Å². The van der Waals surface area contributed by atoms with Gasteiger partial charge in [-0.3, -0.25) is 0 Å². The van der Waals surface area contributed by atoms with Crippen LogP contribution in [0, 0.1) is 11.8 Å². The van der Waals surface area contributed by atoms with Gasteiger partial charge in [-0.15, -0.1) is 0 Å². The third kappa shape index (κ3) is 3.13. The van der Waals surface area contributed by atoms with E-state index >= 15 is 0 Å². The average Bonchev–Trinajstić information content (AvgIpc) is 2.75. The maximum absolute atomic E-state index is 9.27. The van der Waals surface area contributed by atoms with Gasteiger partial charge in [0.25, 0.3) is 0 Å². The lowest BCUT2D eigenvalue weighted by Gasteiger charge is -2.19. The molecule has 2 unspecified atom stereocenters. The van der Waals surface area contributed by atoms with Crippen molar-refractivity contribution in [2.24, 2.45) is 11.8 Å². The minimum Gasteiger partial charge on any atom is -0.397 e. The van der Waals surface area contributed by atoms with Crippen molar-refractivity contribution in [3.63, 3.8) is 0 Å². The van der Waals surface area contributed by atoms with Crippen LogP contribution in [0.15, 0.2) is 22.7 Å². The van der Waals surface area contributed by atoms with Gasteiger partial charge in [0.05, 0.1) is 11.4 Å². The first-order valence-corrected chi connectivity index (χ1v) is 6.89. The van der Waals surface area contributed by atoms with Gasteiger partial charge in [0.1, 0.15) is 0 Å². The molecule has 1 aliphatic carbocycles. The number of nitrogens with one attached hydrogen (secondary N) is 1. The summed E-state index contributed by atoms with van der Waals surface area (Å²) >= 11 is 3.39. The zero-order valence-electron chi connectivity index (χ0n) is 9.82. The van der Waals surface area contributed by atoms with Gasteiger partial charge in [-0.1, -0.05) is 22.4 Å². The largest absolute Gasteiger partial charge is 0.397 e. The molecule has 2 atom stereocenters. The quantitative estimate of drug-likeness (QED) is 0.749. The molecule has 0 bridgehead atoms. The van der Waals surface area contributed by atoms with Crippen LogP contribution in [0.4, 0.5) is 11.4 Å². The second-order valence-electron chi connectivity index (χ2n) is 4.75. The lowest BCUT2D eigenvalue weighted by Crippen LogP contribution is -2.21. The van der Waals surface area contributed by atoms with Crippen molar-refractivity contribution in [3.8, 4) is 0 Å². The lowest BCUT2D eigenvalue weighted by molar-refractivity contribution is 0.199. The van der Waals surface area contributed by atoms with Gasteiger partial charge in [0, 0.05) is 17.6 Å². The highest BCUT2D eigenvalue weighted by Crippen LogP contribution is 2.32. The Morgan fingerprint density at radius 1 is 1.35 bits per heavy atom. The van der Waals surface area contributed by atoms with Crippen LogP contribution in [0.5, 0.6) is 0 Å². The summed E-state index contributed by atoms with van der Waals surface area (Å²) in [5.41, 5.74) is 7.68. The molecule has 2 rings (SSSR count). The first-order chi connectivity index (χ1) is 8.20. The second kappa shape index (κ2) is 5.74. The van der Waals surface area contributed by atoms with Gasteiger partial charge in [-0.2, -0.15) is 0 Å². The van der Waals surface area contributed by atoms with Crippen molar-refractivity contribution >= 4 is 27.3 Å². The van der Waals surface area contributed by atoms with E-state index in [0.717, 1.165) is 28.8 Å². The normalized spacial score (nSPS) is 23.9. The van der Waals surface area contributed by atoms with Crippen molar-refractivity contribution < 1.29 is 5.11 Å². The Kier molecular flexibility index (Phi) is 4.29. The summed E-state index contributed by atoms with van der Waals surface area (Å²) in [6, 6.07) is 5.87. The van der Waals surface area contributed by atoms with Crippen molar-refractivity contribution in [1.29, 1.82) is 0 Å². The van der Waals surface area contributed by atoms with E-state index in [1.165, 1.54) is 12.8 Å². The number of aliphatic hydroxyl groups is 1. The molecular formula is C13H19BrN2O. The molecule has 1 aromatic rings. The SMILES string of the molecule is Nc1cc(Br)ccc1NCC1CCCC1CO. The molecule has 0 aliphatic heterocycles. The molecule has 4 N–H and O–H groups in total.